The maximum Gasteiger partial charge on any atom is 0.264 e. The molecule has 0 radical (unpaired) electrons. The Kier molecular flexibility index (Phi) is 6.08. The summed E-state index contributed by atoms with van der Waals surface area (Å²) in [5, 5.41) is 3.41. The molecule has 0 spiro atoms. The van der Waals surface area contributed by atoms with Gasteiger partial charge in [0.05, 0.1) is 12.8 Å². The van der Waals surface area contributed by atoms with Crippen LogP contribution in [0.15, 0.2) is 48.5 Å². The number of anilines is 1. The largest absolute Gasteiger partial charge is 0.497 e. The van der Waals surface area contributed by atoms with Crippen molar-refractivity contribution in [3.63, 3.8) is 0 Å². The zero-order valence-corrected chi connectivity index (χ0v) is 16.4. The fraction of sp³-hybridized carbons (Fsp3) is 0.238. The molecule has 0 aliphatic rings. The highest BCUT2D eigenvalue weighted by Gasteiger charge is 2.12. The van der Waals surface area contributed by atoms with E-state index in [-0.39, 0.29) is 12.5 Å². The lowest BCUT2D eigenvalue weighted by molar-refractivity contribution is -0.118. The number of hydrogen-bond acceptors (Lipinski definition) is 5. The second kappa shape index (κ2) is 8.68. The van der Waals surface area contributed by atoms with Crippen LogP contribution in [0.4, 0.5) is 5.13 Å². The van der Waals surface area contributed by atoms with Crippen molar-refractivity contribution >= 4 is 22.4 Å². The molecule has 2 aromatic carbocycles. The topological polar surface area (TPSA) is 60.5 Å². The number of ether oxygens (including phenoxy) is 2. The van der Waals surface area contributed by atoms with Crippen molar-refractivity contribution in [3.05, 3.63) is 70.2 Å². The summed E-state index contributed by atoms with van der Waals surface area (Å²) in [4.78, 5) is 17.7. The normalized spacial score (nSPS) is 10.5. The first-order valence-electron chi connectivity index (χ1n) is 8.62. The Balaban J connectivity index is 1.58. The number of rotatable bonds is 7. The lowest BCUT2D eigenvalue weighted by Gasteiger charge is -2.08. The molecule has 0 atom stereocenters. The molecule has 0 fully saturated rings. The molecular weight excluding hydrogens is 360 g/mol. The molecule has 0 saturated carbocycles. The summed E-state index contributed by atoms with van der Waals surface area (Å²) in [7, 11) is 1.65. The molecular formula is C21H22N2O3S. The molecule has 1 heterocycles. The number of amides is 1. The molecule has 0 bridgehead atoms. The first kappa shape index (κ1) is 18.9. The third-order valence-corrected chi connectivity index (χ3v) is 5.19. The minimum Gasteiger partial charge on any atom is -0.497 e. The molecule has 1 N–H and O–H groups in total. The van der Waals surface area contributed by atoms with E-state index >= 15 is 0 Å². The quantitative estimate of drug-likeness (QED) is 0.659. The van der Waals surface area contributed by atoms with Gasteiger partial charge in [-0.05, 0) is 43.2 Å². The summed E-state index contributed by atoms with van der Waals surface area (Å²) in [5.74, 6) is 1.33. The van der Waals surface area contributed by atoms with Gasteiger partial charge < -0.3 is 9.47 Å². The first-order valence-corrected chi connectivity index (χ1v) is 9.44. The standard InChI is InChI=1S/C21H22N2O3S/c1-14-6-4-5-7-18(14)26-13-20(24)23-21-22-15(2)19(27-21)12-16-8-10-17(25-3)11-9-16/h4-11H,12-13H2,1-3H3,(H,22,23,24). The fourth-order valence-corrected chi connectivity index (χ4v) is 3.60. The molecule has 1 amide bonds. The van der Waals surface area contributed by atoms with E-state index in [1.165, 1.54) is 16.9 Å². The van der Waals surface area contributed by atoms with Crippen LogP contribution in [0, 0.1) is 13.8 Å². The van der Waals surface area contributed by atoms with Crippen molar-refractivity contribution in [1.82, 2.24) is 4.98 Å². The monoisotopic (exact) mass is 382 g/mol. The zero-order valence-electron chi connectivity index (χ0n) is 15.6. The highest BCUT2D eigenvalue weighted by atomic mass is 32.1. The predicted molar refractivity (Wildman–Crippen MR) is 108 cm³/mol. The third-order valence-electron chi connectivity index (χ3n) is 4.12. The van der Waals surface area contributed by atoms with Crippen LogP contribution < -0.4 is 14.8 Å². The summed E-state index contributed by atoms with van der Waals surface area (Å²) < 4.78 is 10.8. The van der Waals surface area contributed by atoms with Gasteiger partial charge in [-0.3, -0.25) is 10.1 Å². The minimum atomic E-state index is -0.219. The van der Waals surface area contributed by atoms with Crippen LogP contribution in [0.5, 0.6) is 11.5 Å². The average Bonchev–Trinajstić information content (AvgIpc) is 3.00. The molecule has 6 heteroatoms. The van der Waals surface area contributed by atoms with Gasteiger partial charge >= 0.3 is 0 Å². The number of thiazole rings is 1. The van der Waals surface area contributed by atoms with Gasteiger partial charge in [-0.2, -0.15) is 0 Å². The Hall–Kier alpha value is -2.86. The third kappa shape index (κ3) is 5.08. The molecule has 27 heavy (non-hydrogen) atoms. The van der Waals surface area contributed by atoms with Crippen LogP contribution in [0.25, 0.3) is 0 Å². The lowest BCUT2D eigenvalue weighted by Crippen LogP contribution is -2.20. The molecule has 3 rings (SSSR count). The second-order valence-corrected chi connectivity index (χ2v) is 7.24. The fourth-order valence-electron chi connectivity index (χ4n) is 2.59. The van der Waals surface area contributed by atoms with Gasteiger partial charge in [0, 0.05) is 11.3 Å². The van der Waals surface area contributed by atoms with E-state index in [0.29, 0.717) is 10.9 Å². The van der Waals surface area contributed by atoms with E-state index in [0.717, 1.165) is 28.3 Å². The first-order chi connectivity index (χ1) is 13.0. The number of nitrogens with zero attached hydrogens (tertiary/aromatic N) is 1. The van der Waals surface area contributed by atoms with Crippen LogP contribution in [-0.4, -0.2) is 24.6 Å². The Morgan fingerprint density at radius 3 is 2.56 bits per heavy atom. The SMILES string of the molecule is COc1ccc(Cc2sc(NC(=O)COc3ccccc3C)nc2C)cc1. The van der Waals surface area contributed by atoms with Crippen LogP contribution in [0.1, 0.15) is 21.7 Å². The van der Waals surface area contributed by atoms with Crippen LogP contribution >= 0.6 is 11.3 Å². The molecule has 0 saturated heterocycles. The van der Waals surface area contributed by atoms with E-state index in [2.05, 4.69) is 10.3 Å². The van der Waals surface area contributed by atoms with E-state index in [1.807, 2.05) is 62.4 Å². The Morgan fingerprint density at radius 2 is 1.85 bits per heavy atom. The summed E-state index contributed by atoms with van der Waals surface area (Å²) in [6, 6.07) is 15.6. The molecule has 5 nitrogen and oxygen atoms in total. The number of nitrogens with one attached hydrogen (secondary N) is 1. The Morgan fingerprint density at radius 1 is 1.11 bits per heavy atom. The summed E-state index contributed by atoms with van der Waals surface area (Å²) in [6.07, 6.45) is 0.767. The van der Waals surface area contributed by atoms with Crippen molar-refractivity contribution < 1.29 is 14.3 Å². The molecule has 140 valence electrons. The summed E-state index contributed by atoms with van der Waals surface area (Å²) in [6.45, 7) is 3.86. The van der Waals surface area contributed by atoms with Gasteiger partial charge in [0.15, 0.2) is 11.7 Å². The van der Waals surface area contributed by atoms with E-state index < -0.39 is 0 Å². The number of hydrogen-bond donors (Lipinski definition) is 1. The zero-order chi connectivity index (χ0) is 19.2. The van der Waals surface area contributed by atoms with Gasteiger partial charge in [-0.25, -0.2) is 4.98 Å². The molecule has 0 aliphatic heterocycles. The van der Waals surface area contributed by atoms with Gasteiger partial charge in [-0.15, -0.1) is 11.3 Å². The summed E-state index contributed by atoms with van der Waals surface area (Å²) in [5.41, 5.74) is 3.09. The lowest BCUT2D eigenvalue weighted by atomic mass is 10.1. The smallest absolute Gasteiger partial charge is 0.264 e. The molecule has 1 aromatic heterocycles. The van der Waals surface area contributed by atoms with Gasteiger partial charge in [0.25, 0.3) is 5.91 Å². The number of carbonyl (C=O) groups is 1. The Labute approximate surface area is 163 Å². The maximum absolute atomic E-state index is 12.2. The van der Waals surface area contributed by atoms with Gasteiger partial charge in [-0.1, -0.05) is 30.3 Å². The van der Waals surface area contributed by atoms with Crippen LogP contribution in [0.3, 0.4) is 0 Å². The van der Waals surface area contributed by atoms with Crippen LogP contribution in [-0.2, 0) is 11.2 Å². The number of carbonyl (C=O) groups excluding carboxylic acids is 1. The average molecular weight is 382 g/mol. The second-order valence-electron chi connectivity index (χ2n) is 6.15. The maximum atomic E-state index is 12.2. The number of aromatic nitrogens is 1. The van der Waals surface area contributed by atoms with E-state index in [1.54, 1.807) is 7.11 Å². The molecule has 0 aliphatic carbocycles. The minimum absolute atomic E-state index is 0.0444. The highest BCUT2D eigenvalue weighted by Crippen LogP contribution is 2.26. The van der Waals surface area contributed by atoms with Crippen molar-refractivity contribution in [3.8, 4) is 11.5 Å². The van der Waals surface area contributed by atoms with Crippen molar-refractivity contribution in [2.75, 3.05) is 19.0 Å². The van der Waals surface area contributed by atoms with Crippen molar-refractivity contribution in [1.29, 1.82) is 0 Å². The number of benzene rings is 2. The number of aryl methyl sites for hydroxylation is 2. The van der Waals surface area contributed by atoms with Gasteiger partial charge in [0.1, 0.15) is 11.5 Å². The van der Waals surface area contributed by atoms with Crippen molar-refractivity contribution in [2.45, 2.75) is 20.3 Å². The van der Waals surface area contributed by atoms with Gasteiger partial charge in [0.2, 0.25) is 0 Å². The Bertz CT molecular complexity index is 919. The van der Waals surface area contributed by atoms with E-state index in [4.69, 9.17) is 9.47 Å². The molecule has 3 aromatic rings. The summed E-state index contributed by atoms with van der Waals surface area (Å²) >= 11 is 1.49. The highest BCUT2D eigenvalue weighted by molar-refractivity contribution is 7.15. The number of para-hydroxylation sites is 1. The van der Waals surface area contributed by atoms with E-state index in [9.17, 15) is 4.79 Å². The molecule has 0 unspecified atom stereocenters. The predicted octanol–water partition coefficient (Wildman–Crippen LogP) is 4.38. The number of methoxy groups -OCH3 is 1. The van der Waals surface area contributed by atoms with Crippen molar-refractivity contribution in [2.24, 2.45) is 0 Å². The van der Waals surface area contributed by atoms with Crippen LogP contribution in [0.2, 0.25) is 0 Å².